The van der Waals surface area contributed by atoms with Crippen LogP contribution in [0.4, 0.5) is 10.1 Å². The van der Waals surface area contributed by atoms with E-state index < -0.39 is 11.8 Å². The van der Waals surface area contributed by atoms with Gasteiger partial charge in [-0.1, -0.05) is 6.07 Å². The van der Waals surface area contributed by atoms with E-state index in [1.54, 1.807) is 19.2 Å². The van der Waals surface area contributed by atoms with Gasteiger partial charge in [0, 0.05) is 26.7 Å². The molecule has 1 aliphatic rings. The molecule has 0 spiro atoms. The number of ether oxygens (including phenoxy) is 1. The molecular formula is C14H19FN2O3. The number of carboxylic acids is 1. The zero-order chi connectivity index (χ0) is 14.5. The van der Waals surface area contributed by atoms with Crippen LogP contribution < -0.4 is 4.90 Å². The van der Waals surface area contributed by atoms with Crippen molar-refractivity contribution in [1.82, 2.24) is 4.90 Å². The fourth-order valence-electron chi connectivity index (χ4n) is 2.25. The van der Waals surface area contributed by atoms with Gasteiger partial charge in [0.25, 0.3) is 0 Å². The zero-order valence-corrected chi connectivity index (χ0v) is 11.5. The molecule has 1 heterocycles. The second-order valence-electron chi connectivity index (χ2n) is 4.92. The Labute approximate surface area is 117 Å². The number of benzene rings is 1. The van der Waals surface area contributed by atoms with Crippen molar-refractivity contribution in [3.05, 3.63) is 29.6 Å². The minimum Gasteiger partial charge on any atom is -0.480 e. The summed E-state index contributed by atoms with van der Waals surface area (Å²) < 4.78 is 19.1. The first-order chi connectivity index (χ1) is 9.56. The second kappa shape index (κ2) is 6.67. The molecule has 6 heteroatoms. The molecule has 0 bridgehead atoms. The predicted molar refractivity (Wildman–Crippen MR) is 73.4 cm³/mol. The van der Waals surface area contributed by atoms with Gasteiger partial charge in [-0.3, -0.25) is 9.69 Å². The maximum absolute atomic E-state index is 13.8. The van der Waals surface area contributed by atoms with Gasteiger partial charge in [0.2, 0.25) is 0 Å². The molecule has 2 rings (SSSR count). The first-order valence-corrected chi connectivity index (χ1v) is 6.57. The third-order valence-corrected chi connectivity index (χ3v) is 3.30. The average molecular weight is 282 g/mol. The molecule has 1 aliphatic heterocycles. The molecular weight excluding hydrogens is 263 g/mol. The number of anilines is 1. The van der Waals surface area contributed by atoms with Gasteiger partial charge in [-0.05, 0) is 17.7 Å². The van der Waals surface area contributed by atoms with Gasteiger partial charge in [0.1, 0.15) is 12.4 Å². The molecule has 0 amide bonds. The van der Waals surface area contributed by atoms with Crippen molar-refractivity contribution in [2.75, 3.05) is 44.8 Å². The van der Waals surface area contributed by atoms with Gasteiger partial charge < -0.3 is 14.7 Å². The SMILES string of the molecule is CN(CC(=O)O)c1cc(CN2CCOCC2)ccc1F. The first-order valence-electron chi connectivity index (χ1n) is 6.57. The van der Waals surface area contributed by atoms with Crippen LogP contribution in [0.3, 0.4) is 0 Å². The minimum absolute atomic E-state index is 0.224. The maximum Gasteiger partial charge on any atom is 0.323 e. The molecule has 1 aromatic rings. The van der Waals surface area contributed by atoms with E-state index in [9.17, 15) is 9.18 Å². The Morgan fingerprint density at radius 3 is 2.80 bits per heavy atom. The van der Waals surface area contributed by atoms with Crippen LogP contribution >= 0.6 is 0 Å². The van der Waals surface area contributed by atoms with Crippen LogP contribution in [-0.4, -0.2) is 55.9 Å². The summed E-state index contributed by atoms with van der Waals surface area (Å²) in [6.45, 7) is 3.64. The number of rotatable bonds is 5. The summed E-state index contributed by atoms with van der Waals surface area (Å²) in [5.41, 5.74) is 1.29. The summed E-state index contributed by atoms with van der Waals surface area (Å²) in [4.78, 5) is 14.3. The lowest BCUT2D eigenvalue weighted by Gasteiger charge is -2.27. The summed E-state index contributed by atoms with van der Waals surface area (Å²) >= 11 is 0. The molecule has 20 heavy (non-hydrogen) atoms. The fraction of sp³-hybridized carbons (Fsp3) is 0.500. The van der Waals surface area contributed by atoms with Crippen LogP contribution in [-0.2, 0) is 16.1 Å². The molecule has 1 N–H and O–H groups in total. The molecule has 1 aromatic carbocycles. The van der Waals surface area contributed by atoms with E-state index in [-0.39, 0.29) is 6.54 Å². The third-order valence-electron chi connectivity index (χ3n) is 3.30. The lowest BCUT2D eigenvalue weighted by Crippen LogP contribution is -2.35. The van der Waals surface area contributed by atoms with E-state index in [4.69, 9.17) is 9.84 Å². The molecule has 110 valence electrons. The van der Waals surface area contributed by atoms with E-state index in [1.165, 1.54) is 11.0 Å². The molecule has 0 aromatic heterocycles. The predicted octanol–water partition coefficient (Wildman–Crippen LogP) is 1.18. The molecule has 0 aliphatic carbocycles. The smallest absolute Gasteiger partial charge is 0.323 e. The highest BCUT2D eigenvalue weighted by molar-refractivity contribution is 5.73. The van der Waals surface area contributed by atoms with Crippen molar-refractivity contribution in [3.63, 3.8) is 0 Å². The van der Waals surface area contributed by atoms with Gasteiger partial charge in [-0.15, -0.1) is 0 Å². The quantitative estimate of drug-likeness (QED) is 0.879. The number of morpholine rings is 1. The van der Waals surface area contributed by atoms with Crippen molar-refractivity contribution in [1.29, 1.82) is 0 Å². The molecule has 1 fully saturated rings. The molecule has 0 radical (unpaired) electrons. The zero-order valence-electron chi connectivity index (χ0n) is 11.5. The summed E-state index contributed by atoms with van der Waals surface area (Å²) in [6.07, 6.45) is 0. The van der Waals surface area contributed by atoms with Crippen LogP contribution in [0.1, 0.15) is 5.56 Å². The van der Waals surface area contributed by atoms with Gasteiger partial charge in [-0.2, -0.15) is 0 Å². The fourth-order valence-corrected chi connectivity index (χ4v) is 2.25. The normalized spacial score (nSPS) is 16.1. The standard InChI is InChI=1S/C14H19FN2O3/c1-16(10-14(18)19)13-8-11(2-3-12(13)15)9-17-4-6-20-7-5-17/h2-3,8H,4-7,9-10H2,1H3,(H,18,19). The van der Waals surface area contributed by atoms with Gasteiger partial charge in [-0.25, -0.2) is 4.39 Å². The highest BCUT2D eigenvalue weighted by Crippen LogP contribution is 2.21. The van der Waals surface area contributed by atoms with Crippen LogP contribution in [0.25, 0.3) is 0 Å². The number of hydrogen-bond acceptors (Lipinski definition) is 4. The lowest BCUT2D eigenvalue weighted by atomic mass is 10.1. The summed E-state index contributed by atoms with van der Waals surface area (Å²) in [5, 5.41) is 8.78. The Kier molecular flexibility index (Phi) is 4.92. The van der Waals surface area contributed by atoms with Crippen LogP contribution in [0, 0.1) is 5.82 Å². The van der Waals surface area contributed by atoms with Crippen LogP contribution in [0.5, 0.6) is 0 Å². The highest BCUT2D eigenvalue weighted by atomic mass is 19.1. The maximum atomic E-state index is 13.8. The number of hydrogen-bond donors (Lipinski definition) is 1. The molecule has 0 unspecified atom stereocenters. The van der Waals surface area contributed by atoms with Crippen LogP contribution in [0.15, 0.2) is 18.2 Å². The Balaban J connectivity index is 2.08. The molecule has 5 nitrogen and oxygen atoms in total. The number of aliphatic carboxylic acids is 1. The minimum atomic E-state index is -0.981. The largest absolute Gasteiger partial charge is 0.480 e. The number of nitrogens with zero attached hydrogens (tertiary/aromatic N) is 2. The van der Waals surface area contributed by atoms with Crippen molar-refractivity contribution in [2.45, 2.75) is 6.54 Å². The van der Waals surface area contributed by atoms with Crippen molar-refractivity contribution in [2.24, 2.45) is 0 Å². The Hall–Kier alpha value is -1.66. The van der Waals surface area contributed by atoms with Crippen molar-refractivity contribution < 1.29 is 19.0 Å². The third kappa shape index (κ3) is 3.91. The van der Waals surface area contributed by atoms with Crippen molar-refractivity contribution >= 4 is 11.7 Å². The van der Waals surface area contributed by atoms with Crippen molar-refractivity contribution in [3.8, 4) is 0 Å². The first kappa shape index (κ1) is 14.7. The lowest BCUT2D eigenvalue weighted by molar-refractivity contribution is -0.135. The van der Waals surface area contributed by atoms with E-state index in [0.29, 0.717) is 18.9 Å². The Morgan fingerprint density at radius 2 is 2.15 bits per heavy atom. The molecule has 0 atom stereocenters. The van der Waals surface area contributed by atoms with E-state index >= 15 is 0 Å². The summed E-state index contributed by atoms with van der Waals surface area (Å²) in [7, 11) is 1.57. The van der Waals surface area contributed by atoms with Gasteiger partial charge >= 0.3 is 5.97 Å². The van der Waals surface area contributed by atoms with E-state index in [2.05, 4.69) is 4.90 Å². The van der Waals surface area contributed by atoms with Gasteiger partial charge in [0.05, 0.1) is 18.9 Å². The number of carboxylic acid groups (broad SMARTS) is 1. The number of likely N-dealkylation sites (N-methyl/N-ethyl adjacent to an activating group) is 1. The molecule has 1 saturated heterocycles. The number of halogens is 1. The highest BCUT2D eigenvalue weighted by Gasteiger charge is 2.14. The molecule has 0 saturated carbocycles. The van der Waals surface area contributed by atoms with Crippen LogP contribution in [0.2, 0.25) is 0 Å². The second-order valence-corrected chi connectivity index (χ2v) is 4.92. The average Bonchev–Trinajstić information content (AvgIpc) is 2.41. The monoisotopic (exact) mass is 282 g/mol. The van der Waals surface area contributed by atoms with E-state index in [1.807, 2.05) is 0 Å². The Bertz CT molecular complexity index is 475. The summed E-state index contributed by atoms with van der Waals surface area (Å²) in [5.74, 6) is -1.38. The summed E-state index contributed by atoms with van der Waals surface area (Å²) in [6, 6.07) is 4.85. The number of carbonyl (C=O) groups is 1. The topological polar surface area (TPSA) is 53.0 Å². The van der Waals surface area contributed by atoms with Gasteiger partial charge in [0.15, 0.2) is 0 Å². The Morgan fingerprint density at radius 1 is 1.45 bits per heavy atom. The van der Waals surface area contributed by atoms with E-state index in [0.717, 1.165) is 25.2 Å².